The van der Waals surface area contributed by atoms with Gasteiger partial charge < -0.3 is 4.90 Å². The standard InChI is InChI=1S/C12H15ClN2O/c13-11-6-4-5-10(14-11)9-15-8-3-1-2-7-12(15)16/h4-6H,1-3,7-9H2. The number of hydrogen-bond donors (Lipinski definition) is 0. The molecule has 0 aromatic carbocycles. The Kier molecular flexibility index (Phi) is 3.78. The van der Waals surface area contributed by atoms with E-state index in [4.69, 9.17) is 11.6 Å². The van der Waals surface area contributed by atoms with Gasteiger partial charge in [0.05, 0.1) is 12.2 Å². The molecule has 1 fully saturated rings. The van der Waals surface area contributed by atoms with Crippen LogP contribution in [0.5, 0.6) is 0 Å². The third kappa shape index (κ3) is 2.95. The van der Waals surface area contributed by atoms with Crippen LogP contribution in [0.1, 0.15) is 31.4 Å². The monoisotopic (exact) mass is 238 g/mol. The van der Waals surface area contributed by atoms with E-state index in [2.05, 4.69) is 4.98 Å². The Morgan fingerprint density at radius 1 is 1.31 bits per heavy atom. The fraction of sp³-hybridized carbons (Fsp3) is 0.500. The lowest BCUT2D eigenvalue weighted by atomic mass is 10.2. The summed E-state index contributed by atoms with van der Waals surface area (Å²) < 4.78 is 0. The van der Waals surface area contributed by atoms with Gasteiger partial charge in [-0.1, -0.05) is 24.1 Å². The molecule has 3 nitrogen and oxygen atoms in total. The highest BCUT2D eigenvalue weighted by Crippen LogP contribution is 2.14. The van der Waals surface area contributed by atoms with Crippen molar-refractivity contribution in [3.63, 3.8) is 0 Å². The molecule has 1 aromatic heterocycles. The molecule has 0 unspecified atom stereocenters. The highest BCUT2D eigenvalue weighted by atomic mass is 35.5. The Bertz CT molecular complexity index is 381. The molecule has 0 saturated carbocycles. The van der Waals surface area contributed by atoms with Crippen molar-refractivity contribution in [1.29, 1.82) is 0 Å². The maximum atomic E-state index is 11.8. The molecule has 86 valence electrons. The molecule has 1 saturated heterocycles. The van der Waals surface area contributed by atoms with Crippen molar-refractivity contribution < 1.29 is 4.79 Å². The van der Waals surface area contributed by atoms with Crippen LogP contribution in [0.4, 0.5) is 0 Å². The van der Waals surface area contributed by atoms with E-state index in [-0.39, 0.29) is 5.91 Å². The molecule has 1 aliphatic rings. The van der Waals surface area contributed by atoms with E-state index in [1.54, 1.807) is 6.07 Å². The van der Waals surface area contributed by atoms with Gasteiger partial charge in [-0.3, -0.25) is 4.79 Å². The summed E-state index contributed by atoms with van der Waals surface area (Å²) in [6.07, 6.45) is 3.91. The summed E-state index contributed by atoms with van der Waals surface area (Å²) in [5, 5.41) is 0.486. The minimum atomic E-state index is 0.235. The molecular weight excluding hydrogens is 224 g/mol. The molecule has 2 heterocycles. The Morgan fingerprint density at radius 2 is 2.19 bits per heavy atom. The molecule has 0 aliphatic carbocycles. The van der Waals surface area contributed by atoms with E-state index in [0.29, 0.717) is 18.1 Å². The van der Waals surface area contributed by atoms with Gasteiger partial charge in [-0.25, -0.2) is 4.98 Å². The summed E-state index contributed by atoms with van der Waals surface area (Å²) >= 11 is 5.82. The summed E-state index contributed by atoms with van der Waals surface area (Å²) in [4.78, 5) is 17.9. The van der Waals surface area contributed by atoms with Crippen LogP contribution in [0.3, 0.4) is 0 Å². The molecule has 1 aliphatic heterocycles. The van der Waals surface area contributed by atoms with Crippen molar-refractivity contribution in [2.75, 3.05) is 6.54 Å². The van der Waals surface area contributed by atoms with Crippen LogP contribution in [-0.2, 0) is 11.3 Å². The normalized spacial score (nSPS) is 17.3. The van der Waals surface area contributed by atoms with Crippen molar-refractivity contribution >= 4 is 17.5 Å². The Hall–Kier alpha value is -1.09. The molecule has 0 bridgehead atoms. The summed E-state index contributed by atoms with van der Waals surface area (Å²) in [6.45, 7) is 1.42. The summed E-state index contributed by atoms with van der Waals surface area (Å²) in [6, 6.07) is 5.52. The van der Waals surface area contributed by atoms with Crippen LogP contribution < -0.4 is 0 Å². The number of carbonyl (C=O) groups is 1. The van der Waals surface area contributed by atoms with Gasteiger partial charge in [0.2, 0.25) is 5.91 Å². The van der Waals surface area contributed by atoms with Gasteiger partial charge in [-0.2, -0.15) is 0 Å². The van der Waals surface area contributed by atoms with Crippen LogP contribution in [0.25, 0.3) is 0 Å². The second kappa shape index (κ2) is 5.30. The number of aromatic nitrogens is 1. The molecule has 0 atom stereocenters. The van der Waals surface area contributed by atoms with Crippen LogP contribution in [0.2, 0.25) is 5.15 Å². The average Bonchev–Trinajstić information content (AvgIpc) is 2.45. The van der Waals surface area contributed by atoms with E-state index in [1.807, 2.05) is 17.0 Å². The third-order valence-corrected chi connectivity index (χ3v) is 3.01. The number of carbonyl (C=O) groups excluding carboxylic acids is 1. The van der Waals surface area contributed by atoms with Crippen molar-refractivity contribution in [3.05, 3.63) is 29.0 Å². The molecule has 0 spiro atoms. The van der Waals surface area contributed by atoms with E-state index in [9.17, 15) is 4.79 Å². The largest absolute Gasteiger partial charge is 0.337 e. The lowest BCUT2D eigenvalue weighted by molar-refractivity contribution is -0.131. The van der Waals surface area contributed by atoms with Gasteiger partial charge in [0, 0.05) is 13.0 Å². The van der Waals surface area contributed by atoms with Crippen molar-refractivity contribution in [1.82, 2.24) is 9.88 Å². The smallest absolute Gasteiger partial charge is 0.222 e. The Labute approximate surface area is 100 Å². The number of nitrogens with zero attached hydrogens (tertiary/aromatic N) is 2. The average molecular weight is 239 g/mol. The van der Waals surface area contributed by atoms with Crippen LogP contribution in [0.15, 0.2) is 18.2 Å². The molecule has 2 rings (SSSR count). The summed E-state index contributed by atoms with van der Waals surface area (Å²) in [5.41, 5.74) is 0.864. The highest BCUT2D eigenvalue weighted by Gasteiger charge is 2.16. The minimum absolute atomic E-state index is 0.235. The zero-order valence-electron chi connectivity index (χ0n) is 9.16. The first-order valence-corrected chi connectivity index (χ1v) is 6.03. The minimum Gasteiger partial charge on any atom is -0.337 e. The van der Waals surface area contributed by atoms with E-state index < -0.39 is 0 Å². The van der Waals surface area contributed by atoms with Gasteiger partial charge >= 0.3 is 0 Å². The summed E-state index contributed by atoms with van der Waals surface area (Å²) in [7, 11) is 0. The van der Waals surface area contributed by atoms with Crippen molar-refractivity contribution in [2.24, 2.45) is 0 Å². The number of halogens is 1. The van der Waals surface area contributed by atoms with E-state index in [0.717, 1.165) is 31.5 Å². The number of hydrogen-bond acceptors (Lipinski definition) is 2. The molecule has 1 aromatic rings. The summed E-state index contributed by atoms with van der Waals surface area (Å²) in [5.74, 6) is 0.235. The molecule has 1 amide bonds. The van der Waals surface area contributed by atoms with E-state index in [1.165, 1.54) is 0 Å². The number of pyridine rings is 1. The Morgan fingerprint density at radius 3 is 3.00 bits per heavy atom. The Balaban J connectivity index is 2.05. The zero-order valence-corrected chi connectivity index (χ0v) is 9.91. The second-order valence-corrected chi connectivity index (χ2v) is 4.46. The maximum Gasteiger partial charge on any atom is 0.222 e. The molecule has 16 heavy (non-hydrogen) atoms. The number of rotatable bonds is 2. The first kappa shape index (κ1) is 11.4. The first-order chi connectivity index (χ1) is 7.75. The molecular formula is C12H15ClN2O. The van der Waals surface area contributed by atoms with Crippen LogP contribution >= 0.6 is 11.6 Å². The lowest BCUT2D eigenvalue weighted by Crippen LogP contribution is -2.30. The maximum absolute atomic E-state index is 11.8. The first-order valence-electron chi connectivity index (χ1n) is 5.65. The number of amides is 1. The third-order valence-electron chi connectivity index (χ3n) is 2.80. The van der Waals surface area contributed by atoms with Gasteiger partial charge in [0.25, 0.3) is 0 Å². The zero-order chi connectivity index (χ0) is 11.4. The fourth-order valence-electron chi connectivity index (χ4n) is 1.94. The highest BCUT2D eigenvalue weighted by molar-refractivity contribution is 6.29. The lowest BCUT2D eigenvalue weighted by Gasteiger charge is -2.19. The van der Waals surface area contributed by atoms with E-state index >= 15 is 0 Å². The molecule has 4 heteroatoms. The predicted molar refractivity (Wildman–Crippen MR) is 63.1 cm³/mol. The van der Waals surface area contributed by atoms with Crippen molar-refractivity contribution in [2.45, 2.75) is 32.2 Å². The number of likely N-dealkylation sites (tertiary alicyclic amines) is 1. The topological polar surface area (TPSA) is 33.2 Å². The van der Waals surface area contributed by atoms with Crippen molar-refractivity contribution in [3.8, 4) is 0 Å². The van der Waals surface area contributed by atoms with Crippen LogP contribution in [-0.4, -0.2) is 22.3 Å². The molecule has 0 N–H and O–H groups in total. The van der Waals surface area contributed by atoms with Gasteiger partial charge in [-0.15, -0.1) is 0 Å². The van der Waals surface area contributed by atoms with Gasteiger partial charge in [0.15, 0.2) is 0 Å². The van der Waals surface area contributed by atoms with Crippen LogP contribution in [0, 0.1) is 0 Å². The SMILES string of the molecule is O=C1CCCCCN1Cc1cccc(Cl)n1. The fourth-order valence-corrected chi connectivity index (χ4v) is 2.12. The van der Waals surface area contributed by atoms with Gasteiger partial charge in [0.1, 0.15) is 5.15 Å². The predicted octanol–water partition coefficient (Wildman–Crippen LogP) is 2.64. The quantitative estimate of drug-likeness (QED) is 0.743. The molecule has 0 radical (unpaired) electrons. The second-order valence-electron chi connectivity index (χ2n) is 4.08. The van der Waals surface area contributed by atoms with Gasteiger partial charge in [-0.05, 0) is 25.0 Å².